The van der Waals surface area contributed by atoms with E-state index >= 15 is 0 Å². The van der Waals surface area contributed by atoms with Gasteiger partial charge in [0.25, 0.3) is 0 Å². The zero-order valence-corrected chi connectivity index (χ0v) is 16.0. The van der Waals surface area contributed by atoms with Crippen molar-refractivity contribution >= 4 is 11.6 Å². The van der Waals surface area contributed by atoms with Crippen molar-refractivity contribution in [3.05, 3.63) is 12.2 Å². The van der Waals surface area contributed by atoms with E-state index in [1.54, 1.807) is 0 Å². The van der Waals surface area contributed by atoms with Crippen LogP contribution in [0.5, 0.6) is 0 Å². The summed E-state index contributed by atoms with van der Waals surface area (Å²) >= 11 is 0. The lowest BCUT2D eigenvalue weighted by molar-refractivity contribution is -0.158. The molecule has 0 radical (unpaired) electrons. The first-order valence-corrected chi connectivity index (χ1v) is 10.0. The Morgan fingerprint density at radius 2 is 1.76 bits per heavy atom. The summed E-state index contributed by atoms with van der Waals surface area (Å²) in [6.45, 7) is 9.50. The first-order valence-electron chi connectivity index (χ1n) is 10.0. The molecule has 0 aromatic carbocycles. The number of ether oxygens (including phenoxy) is 1. The van der Waals surface area contributed by atoms with Gasteiger partial charge in [0, 0.05) is 29.6 Å². The van der Waals surface area contributed by atoms with Crippen molar-refractivity contribution in [2.24, 2.45) is 33.5 Å². The fraction of sp³-hybridized carbons (Fsp3) is 0.818. The van der Waals surface area contributed by atoms with Gasteiger partial charge in [0.2, 0.25) is 0 Å². The first-order chi connectivity index (χ1) is 11.6. The first kappa shape index (κ1) is 16.2. The number of hydrogen-bond donors (Lipinski definition) is 0. The van der Waals surface area contributed by atoms with E-state index in [-0.39, 0.29) is 16.2 Å². The second-order valence-electron chi connectivity index (χ2n) is 10.5. The molecule has 2 bridgehead atoms. The standard InChI is InChI=1S/C22H30O3/c1-18(2)16(23)6-5-15-21-12-11-20(4)17(24)8-9-19(20,3)14(21)7-10-22(15,18)25-13-21/h7,10,14-15H,5-6,8-9,11-13H2,1-4H3/t14-,15-,19-,20+,21-,22+/m0/s1. The van der Waals surface area contributed by atoms with Gasteiger partial charge in [-0.1, -0.05) is 26.0 Å². The highest BCUT2D eigenvalue weighted by Crippen LogP contribution is 2.74. The van der Waals surface area contributed by atoms with Crippen molar-refractivity contribution in [3.63, 3.8) is 0 Å². The van der Waals surface area contributed by atoms with Gasteiger partial charge < -0.3 is 4.74 Å². The van der Waals surface area contributed by atoms with Gasteiger partial charge in [0.15, 0.2) is 0 Å². The number of ketones is 2. The highest BCUT2D eigenvalue weighted by Gasteiger charge is 2.75. The van der Waals surface area contributed by atoms with Crippen molar-refractivity contribution < 1.29 is 14.3 Å². The van der Waals surface area contributed by atoms with Crippen LogP contribution in [0.4, 0.5) is 0 Å². The predicted octanol–water partition coefficient (Wildman–Crippen LogP) is 4.10. The predicted molar refractivity (Wildman–Crippen MR) is 94.9 cm³/mol. The summed E-state index contributed by atoms with van der Waals surface area (Å²) in [6.07, 6.45) is 10.0. The molecule has 3 saturated carbocycles. The number of carbonyl (C=O) groups is 2. The Hall–Kier alpha value is -0.960. The van der Waals surface area contributed by atoms with Gasteiger partial charge in [-0.2, -0.15) is 0 Å². The summed E-state index contributed by atoms with van der Waals surface area (Å²) in [6, 6.07) is 0. The van der Waals surface area contributed by atoms with Crippen LogP contribution in [0.1, 0.15) is 66.2 Å². The van der Waals surface area contributed by atoms with E-state index in [4.69, 9.17) is 4.74 Å². The SMILES string of the molecule is CC1(C)C(=O)CC[C@H]2[C@]34CC[C@]5(C)C(=O)CC[C@@]5(C)[C@@H]3C=C[C@@]21OC4. The fourth-order valence-electron chi connectivity index (χ4n) is 7.81. The van der Waals surface area contributed by atoms with E-state index in [1.807, 2.05) is 0 Å². The van der Waals surface area contributed by atoms with Gasteiger partial charge in [-0.05, 0) is 50.9 Å². The van der Waals surface area contributed by atoms with E-state index in [9.17, 15) is 9.59 Å². The maximum atomic E-state index is 12.7. The average molecular weight is 342 g/mol. The second-order valence-corrected chi connectivity index (χ2v) is 10.5. The summed E-state index contributed by atoms with van der Waals surface area (Å²) in [7, 11) is 0. The molecule has 1 aliphatic heterocycles. The number of rotatable bonds is 0. The molecule has 0 aromatic heterocycles. The largest absolute Gasteiger partial charge is 0.369 e. The Morgan fingerprint density at radius 3 is 2.52 bits per heavy atom. The summed E-state index contributed by atoms with van der Waals surface area (Å²) in [4.78, 5) is 25.4. The molecule has 5 rings (SSSR count). The molecule has 1 heterocycles. The second kappa shape index (κ2) is 4.30. The highest BCUT2D eigenvalue weighted by atomic mass is 16.5. The highest BCUT2D eigenvalue weighted by molar-refractivity contribution is 5.89. The minimum atomic E-state index is -0.450. The van der Waals surface area contributed by atoms with Gasteiger partial charge in [-0.3, -0.25) is 9.59 Å². The van der Waals surface area contributed by atoms with Crippen molar-refractivity contribution in [2.45, 2.75) is 71.8 Å². The zero-order valence-electron chi connectivity index (χ0n) is 16.0. The molecule has 3 heteroatoms. The van der Waals surface area contributed by atoms with Crippen LogP contribution in [0.15, 0.2) is 12.2 Å². The smallest absolute Gasteiger partial charge is 0.141 e. The Labute approximate surface area is 150 Å². The van der Waals surface area contributed by atoms with Crippen LogP contribution in [-0.2, 0) is 14.3 Å². The van der Waals surface area contributed by atoms with Gasteiger partial charge in [0.05, 0.1) is 12.0 Å². The Balaban J connectivity index is 1.69. The summed E-state index contributed by atoms with van der Waals surface area (Å²) in [5.41, 5.74) is -0.911. The molecule has 5 aliphatic rings. The quantitative estimate of drug-likeness (QED) is 0.623. The van der Waals surface area contributed by atoms with E-state index in [0.29, 0.717) is 29.8 Å². The van der Waals surface area contributed by atoms with Gasteiger partial charge in [-0.15, -0.1) is 0 Å². The van der Waals surface area contributed by atoms with Gasteiger partial charge >= 0.3 is 0 Å². The fourth-order valence-corrected chi connectivity index (χ4v) is 7.81. The summed E-state index contributed by atoms with van der Waals surface area (Å²) in [5, 5.41) is 0. The molecule has 0 unspecified atom stereocenters. The van der Waals surface area contributed by atoms with E-state index < -0.39 is 11.0 Å². The number of fused-ring (bicyclic) bond motifs is 2. The maximum Gasteiger partial charge on any atom is 0.141 e. The summed E-state index contributed by atoms with van der Waals surface area (Å²) < 4.78 is 6.58. The molecule has 0 aromatic rings. The van der Waals surface area contributed by atoms with Crippen LogP contribution in [0.2, 0.25) is 0 Å². The van der Waals surface area contributed by atoms with Gasteiger partial charge in [0.1, 0.15) is 17.2 Å². The molecule has 3 nitrogen and oxygen atoms in total. The number of hydrogen-bond acceptors (Lipinski definition) is 3. The Kier molecular flexibility index (Phi) is 2.79. The third kappa shape index (κ3) is 1.44. The lowest BCUT2D eigenvalue weighted by Crippen LogP contribution is -2.63. The van der Waals surface area contributed by atoms with Crippen LogP contribution < -0.4 is 0 Å². The van der Waals surface area contributed by atoms with Crippen LogP contribution in [0.25, 0.3) is 0 Å². The third-order valence-corrected chi connectivity index (χ3v) is 9.81. The molecule has 4 aliphatic carbocycles. The van der Waals surface area contributed by atoms with Crippen LogP contribution >= 0.6 is 0 Å². The maximum absolute atomic E-state index is 12.7. The van der Waals surface area contributed by atoms with Gasteiger partial charge in [-0.25, -0.2) is 0 Å². The van der Waals surface area contributed by atoms with Crippen molar-refractivity contribution in [1.29, 1.82) is 0 Å². The van der Waals surface area contributed by atoms with E-state index in [0.717, 1.165) is 38.7 Å². The average Bonchev–Trinajstić information content (AvgIpc) is 2.93. The summed E-state index contributed by atoms with van der Waals surface area (Å²) in [5.74, 6) is 1.62. The van der Waals surface area contributed by atoms with Crippen molar-refractivity contribution in [3.8, 4) is 0 Å². The Bertz CT molecular complexity index is 721. The molecule has 136 valence electrons. The molecule has 1 saturated heterocycles. The zero-order chi connectivity index (χ0) is 17.9. The molecule has 6 atom stereocenters. The lowest BCUT2D eigenvalue weighted by Gasteiger charge is -2.62. The van der Waals surface area contributed by atoms with E-state index in [2.05, 4.69) is 39.8 Å². The molecular weight excluding hydrogens is 312 g/mol. The minimum Gasteiger partial charge on any atom is -0.369 e. The normalized spacial score (nSPS) is 55.7. The van der Waals surface area contributed by atoms with Crippen LogP contribution in [0, 0.1) is 33.5 Å². The topological polar surface area (TPSA) is 43.4 Å². The molecular formula is C22H30O3. The number of carbonyl (C=O) groups excluding carboxylic acids is 2. The number of allylic oxidation sites excluding steroid dienone is 1. The van der Waals surface area contributed by atoms with Crippen molar-refractivity contribution in [1.82, 2.24) is 0 Å². The monoisotopic (exact) mass is 342 g/mol. The Morgan fingerprint density at radius 1 is 1.00 bits per heavy atom. The minimum absolute atomic E-state index is 0.0320. The number of Topliss-reactive ketones (excluding diaryl/α,β-unsaturated/α-hetero) is 2. The molecule has 25 heavy (non-hydrogen) atoms. The van der Waals surface area contributed by atoms with E-state index in [1.165, 1.54) is 0 Å². The molecule has 0 amide bonds. The molecule has 4 fully saturated rings. The van der Waals surface area contributed by atoms with Crippen LogP contribution in [-0.4, -0.2) is 23.8 Å². The molecule has 0 N–H and O–H groups in total. The molecule has 1 spiro atoms. The van der Waals surface area contributed by atoms with Crippen LogP contribution in [0.3, 0.4) is 0 Å². The lowest BCUT2D eigenvalue weighted by atomic mass is 9.39. The third-order valence-electron chi connectivity index (χ3n) is 9.81. The van der Waals surface area contributed by atoms with Crippen molar-refractivity contribution in [2.75, 3.05) is 6.61 Å².